The van der Waals surface area contributed by atoms with E-state index in [-0.39, 0.29) is 23.3 Å². The fourth-order valence-electron chi connectivity index (χ4n) is 9.65. The van der Waals surface area contributed by atoms with Crippen molar-refractivity contribution in [1.82, 2.24) is 25.3 Å². The number of rotatable bonds is 16. The number of hydrogen-bond acceptors (Lipinski definition) is 14. The molecule has 0 saturated heterocycles. The second kappa shape index (κ2) is 33.3. The SMILES string of the molecule is COC(=O)c1cc(O)cc(-c2ccc(C)cc2)c1.COC(=O)c1cc(Oc2ccccn2)cc(-c2ccc(C)cc2)c1.Cc1ccc(-c2cc(Oc3ccccn3)cc(C(=O)N[C@H](C)c3ccc(C)nc3)c2)cc1.Cc1ccc(-c2cc(Oc3ccccn3)cc(C(=O)O)c2)cc1. The first-order chi connectivity index (χ1) is 46.8. The quantitative estimate of drug-likeness (QED) is 0.0766. The van der Waals surface area contributed by atoms with Gasteiger partial charge in [-0.15, -0.1) is 0 Å². The van der Waals surface area contributed by atoms with E-state index in [1.165, 1.54) is 37.5 Å². The number of carboxylic acid groups (broad SMARTS) is 1. The maximum absolute atomic E-state index is 13.1. The summed E-state index contributed by atoms with van der Waals surface area (Å²) in [6, 6.07) is 72.5. The molecule has 16 heteroatoms. The molecule has 0 saturated carbocycles. The molecule has 0 radical (unpaired) electrons. The van der Waals surface area contributed by atoms with Gasteiger partial charge in [-0.3, -0.25) is 9.78 Å². The number of aromatic carboxylic acids is 1. The van der Waals surface area contributed by atoms with Crippen molar-refractivity contribution in [2.24, 2.45) is 0 Å². The number of carboxylic acids is 1. The van der Waals surface area contributed by atoms with E-state index in [1.807, 2.05) is 205 Å². The van der Waals surface area contributed by atoms with E-state index in [1.54, 1.807) is 85.5 Å². The normalized spacial score (nSPS) is 10.7. The van der Waals surface area contributed by atoms with Crippen LogP contribution >= 0.6 is 0 Å². The van der Waals surface area contributed by atoms with E-state index in [0.29, 0.717) is 51.6 Å². The molecule has 4 aromatic heterocycles. The number of carbonyl (C=O) groups is 4. The fourth-order valence-corrected chi connectivity index (χ4v) is 9.65. The third-order valence-corrected chi connectivity index (χ3v) is 14.9. The summed E-state index contributed by atoms with van der Waals surface area (Å²) in [4.78, 5) is 64.7. The van der Waals surface area contributed by atoms with Gasteiger partial charge in [0.05, 0.1) is 37.0 Å². The van der Waals surface area contributed by atoms with Gasteiger partial charge < -0.3 is 39.2 Å². The number of amides is 1. The summed E-state index contributed by atoms with van der Waals surface area (Å²) in [5.41, 5.74) is 15.2. The summed E-state index contributed by atoms with van der Waals surface area (Å²) in [6.45, 7) is 12.0. The summed E-state index contributed by atoms with van der Waals surface area (Å²) in [7, 11) is 2.68. The number of nitrogens with zero attached hydrogens (tertiary/aromatic N) is 4. The first-order valence-electron chi connectivity index (χ1n) is 30.8. The van der Waals surface area contributed by atoms with E-state index in [4.69, 9.17) is 18.9 Å². The average Bonchev–Trinajstić information content (AvgIpc) is 0.890. The van der Waals surface area contributed by atoms with E-state index >= 15 is 0 Å². The number of methoxy groups -OCH3 is 2. The van der Waals surface area contributed by atoms with Gasteiger partial charge in [0.1, 0.15) is 23.0 Å². The minimum atomic E-state index is -0.996. The van der Waals surface area contributed by atoms with E-state index in [9.17, 15) is 29.4 Å². The lowest BCUT2D eigenvalue weighted by atomic mass is 10.0. The zero-order valence-electron chi connectivity index (χ0n) is 54.8. The summed E-state index contributed by atoms with van der Waals surface area (Å²) in [5.74, 6) is 0.895. The van der Waals surface area contributed by atoms with Crippen LogP contribution in [0.25, 0.3) is 44.5 Å². The smallest absolute Gasteiger partial charge is 0.338 e. The molecule has 16 nitrogen and oxygen atoms in total. The Bertz CT molecular complexity index is 4620. The summed E-state index contributed by atoms with van der Waals surface area (Å²) >= 11 is 0. The van der Waals surface area contributed by atoms with Crippen molar-refractivity contribution >= 4 is 23.8 Å². The molecule has 0 bridgehead atoms. The number of nitrogens with one attached hydrogen (secondary N) is 1. The van der Waals surface area contributed by atoms with Gasteiger partial charge in [-0.05, 0) is 189 Å². The predicted molar refractivity (Wildman–Crippen MR) is 376 cm³/mol. The third-order valence-electron chi connectivity index (χ3n) is 14.9. The molecule has 0 aliphatic heterocycles. The number of ether oxygens (including phenoxy) is 5. The highest BCUT2D eigenvalue weighted by Crippen LogP contribution is 2.34. The molecule has 12 rings (SSSR count). The van der Waals surface area contributed by atoms with Gasteiger partial charge in [0.2, 0.25) is 17.6 Å². The van der Waals surface area contributed by atoms with E-state index < -0.39 is 17.9 Å². The van der Waals surface area contributed by atoms with Crippen molar-refractivity contribution in [3.8, 4) is 85.1 Å². The number of esters is 2. The monoisotopic (exact) mass is 1290 g/mol. The lowest BCUT2D eigenvalue weighted by Crippen LogP contribution is -2.26. The molecule has 4 heterocycles. The topological polar surface area (TPSA) is 218 Å². The molecule has 1 atom stereocenters. The van der Waals surface area contributed by atoms with Crippen LogP contribution in [0.15, 0.2) is 261 Å². The average molecular weight is 1290 g/mol. The molecule has 97 heavy (non-hydrogen) atoms. The van der Waals surface area contributed by atoms with Crippen LogP contribution < -0.4 is 19.5 Å². The van der Waals surface area contributed by atoms with E-state index in [2.05, 4.69) is 30.0 Å². The van der Waals surface area contributed by atoms with Crippen molar-refractivity contribution < 1.29 is 53.1 Å². The minimum Gasteiger partial charge on any atom is -0.508 e. The van der Waals surface area contributed by atoms with Gasteiger partial charge in [-0.25, -0.2) is 29.3 Å². The Morgan fingerprint density at radius 3 is 1.08 bits per heavy atom. The molecule has 8 aromatic carbocycles. The summed E-state index contributed by atoms with van der Waals surface area (Å²) in [5, 5.41) is 22.0. The number of aryl methyl sites for hydroxylation is 5. The van der Waals surface area contributed by atoms with Crippen LogP contribution in [0.2, 0.25) is 0 Å². The highest BCUT2D eigenvalue weighted by Gasteiger charge is 2.18. The number of aromatic hydroxyl groups is 1. The van der Waals surface area contributed by atoms with Gasteiger partial charge in [-0.1, -0.05) is 144 Å². The second-order valence-corrected chi connectivity index (χ2v) is 22.5. The van der Waals surface area contributed by atoms with E-state index in [0.717, 1.165) is 66.9 Å². The van der Waals surface area contributed by atoms with Gasteiger partial charge in [0.25, 0.3) is 5.91 Å². The van der Waals surface area contributed by atoms with Gasteiger partial charge in [0, 0.05) is 54.2 Å². The Balaban J connectivity index is 0.000000155. The van der Waals surface area contributed by atoms with Crippen molar-refractivity contribution in [3.63, 3.8) is 0 Å². The fraction of sp³-hybridized carbons (Fsp3) is 0.111. The summed E-state index contributed by atoms with van der Waals surface area (Å²) in [6.07, 6.45) is 6.74. The number of pyridine rings is 4. The summed E-state index contributed by atoms with van der Waals surface area (Å²) < 4.78 is 26.9. The molecule has 0 spiro atoms. The third kappa shape index (κ3) is 20.2. The van der Waals surface area contributed by atoms with Crippen molar-refractivity contribution in [1.29, 1.82) is 0 Å². The number of hydrogen-bond donors (Lipinski definition) is 3. The Morgan fingerprint density at radius 1 is 0.381 bits per heavy atom. The van der Waals surface area contributed by atoms with Crippen LogP contribution in [-0.2, 0) is 9.47 Å². The molecule has 0 aliphatic carbocycles. The van der Waals surface area contributed by atoms with Gasteiger partial charge in [-0.2, -0.15) is 0 Å². The van der Waals surface area contributed by atoms with Crippen LogP contribution in [0, 0.1) is 34.6 Å². The number of aromatic nitrogens is 4. The van der Waals surface area contributed by atoms with Crippen LogP contribution in [0.1, 0.15) is 87.9 Å². The maximum Gasteiger partial charge on any atom is 0.338 e. The predicted octanol–water partition coefficient (Wildman–Crippen LogP) is 18.4. The minimum absolute atomic E-state index is 0.0495. The standard InChI is InChI=1S/C27H25N3O2.C20H17NO3.C19H15NO3.C15H14O3/c1-18-7-10-21(11-8-18)23-14-24(16-25(15-23)32-26-6-4-5-13-28-26)27(31)30-20(3)22-12-9-19(2)29-17-22;1-14-6-8-15(9-7-14)16-11-17(20(22)23-2)13-18(12-16)24-19-5-3-4-10-21-19;1-13-5-7-14(8-6-13)15-10-16(19(21)22)12-17(11-15)23-18-4-2-3-9-20-18;1-10-3-5-11(6-4-10)12-7-13(15(17)18-2)9-14(16)8-12/h4-17,20H,1-3H3,(H,30,31);3-13H,1-2H3;2-12H,1H3,(H,21,22);3-9,16H,1-2H3/t20-;;;/m1.../s1. The second-order valence-electron chi connectivity index (χ2n) is 22.5. The van der Waals surface area contributed by atoms with Crippen molar-refractivity contribution in [3.05, 3.63) is 317 Å². The molecule has 12 aromatic rings. The lowest BCUT2D eigenvalue weighted by Gasteiger charge is -2.16. The van der Waals surface area contributed by atoms with Crippen LogP contribution in [0.4, 0.5) is 0 Å². The zero-order chi connectivity index (χ0) is 68.8. The van der Waals surface area contributed by atoms with Gasteiger partial charge in [0.15, 0.2) is 0 Å². The largest absolute Gasteiger partial charge is 0.508 e. The number of carbonyl (C=O) groups excluding carboxylic acids is 3. The number of phenolic OH excluding ortho intramolecular Hbond substituents is 1. The highest BCUT2D eigenvalue weighted by molar-refractivity contribution is 5.97. The molecule has 0 aliphatic rings. The van der Waals surface area contributed by atoms with Crippen molar-refractivity contribution in [2.75, 3.05) is 14.2 Å². The molecule has 0 unspecified atom stereocenters. The van der Waals surface area contributed by atoms with Crippen LogP contribution in [0.3, 0.4) is 0 Å². The van der Waals surface area contributed by atoms with Crippen molar-refractivity contribution in [2.45, 2.75) is 47.6 Å². The Morgan fingerprint density at radius 2 is 0.732 bits per heavy atom. The molecular formula is C81H71N5O11. The number of benzene rings is 8. The molecule has 3 N–H and O–H groups in total. The maximum atomic E-state index is 13.1. The number of phenols is 1. The highest BCUT2D eigenvalue weighted by atomic mass is 16.5. The Hall–Kier alpha value is -12.6. The lowest BCUT2D eigenvalue weighted by molar-refractivity contribution is 0.0591. The first kappa shape index (κ1) is 68.8. The van der Waals surface area contributed by atoms with Gasteiger partial charge >= 0.3 is 17.9 Å². The molecule has 486 valence electrons. The zero-order valence-corrected chi connectivity index (χ0v) is 54.8. The Labute approximate surface area is 563 Å². The molecular weight excluding hydrogens is 1220 g/mol. The van der Waals surface area contributed by atoms with Crippen LogP contribution in [-0.4, -0.2) is 68.2 Å². The molecule has 1 amide bonds. The first-order valence-corrected chi connectivity index (χ1v) is 30.8. The Kier molecular flexibility index (Phi) is 23.6. The molecule has 0 fully saturated rings. The van der Waals surface area contributed by atoms with Crippen LogP contribution in [0.5, 0.6) is 40.6 Å².